The summed E-state index contributed by atoms with van der Waals surface area (Å²) in [6, 6.07) is 15.1. The number of hydrogen-bond acceptors (Lipinski definition) is 0. The first-order valence-electron chi connectivity index (χ1n) is 5.20. The lowest BCUT2D eigenvalue weighted by atomic mass is 10.1. The third-order valence-corrected chi connectivity index (χ3v) is 2.75. The molecule has 0 atom stereocenters. The van der Waals surface area contributed by atoms with Gasteiger partial charge in [0.25, 0.3) is 0 Å². The predicted octanol–water partition coefficient (Wildman–Crippen LogP) is 5.06. The smallest absolute Gasteiger partial charge is 0.194 e. The van der Waals surface area contributed by atoms with Crippen molar-refractivity contribution in [3.05, 3.63) is 76.1 Å². The van der Waals surface area contributed by atoms with Gasteiger partial charge in [-0.1, -0.05) is 66.2 Å². The predicted molar refractivity (Wildman–Crippen MR) is 73.1 cm³/mol. The van der Waals surface area contributed by atoms with Crippen molar-refractivity contribution in [1.29, 1.82) is 0 Å². The van der Waals surface area contributed by atoms with Gasteiger partial charge in [-0.15, -0.1) is 0 Å². The third-order valence-electron chi connectivity index (χ3n) is 2.40. The van der Waals surface area contributed by atoms with Gasteiger partial charge in [0.15, 0.2) is 5.69 Å². The van der Waals surface area contributed by atoms with Gasteiger partial charge in [-0.2, -0.15) is 0 Å². The van der Waals surface area contributed by atoms with Crippen molar-refractivity contribution in [2.24, 2.45) is 0 Å². The second kappa shape index (κ2) is 5.34. The molecule has 0 bridgehead atoms. The second-order valence-electron chi connectivity index (χ2n) is 3.53. The number of halogens is 1. The van der Waals surface area contributed by atoms with Crippen LogP contribution in [0.15, 0.2) is 48.5 Å². The number of hydrogen-bond donors (Lipinski definition) is 0. The minimum Gasteiger partial charge on any atom is -0.238 e. The topological polar surface area (TPSA) is 4.36 Å². The van der Waals surface area contributed by atoms with Gasteiger partial charge in [-0.25, -0.2) is 4.85 Å². The zero-order valence-electron chi connectivity index (χ0n) is 9.10. The Bertz CT molecular complexity index is 594. The van der Waals surface area contributed by atoms with E-state index in [9.17, 15) is 0 Å². The molecule has 1 nitrogen and oxygen atoms in total. The lowest BCUT2D eigenvalue weighted by Crippen LogP contribution is -1.75. The SMILES string of the molecule is [C-]#[N+]c1ccccc1C=Cc1ccccc1Cl. The van der Waals surface area contributed by atoms with Crippen LogP contribution in [-0.2, 0) is 0 Å². The molecule has 2 aromatic rings. The van der Waals surface area contributed by atoms with Crippen LogP contribution in [-0.4, -0.2) is 0 Å². The lowest BCUT2D eigenvalue weighted by molar-refractivity contribution is 1.65. The Morgan fingerprint density at radius 3 is 2.18 bits per heavy atom. The van der Waals surface area contributed by atoms with Crippen LogP contribution >= 0.6 is 11.6 Å². The maximum atomic E-state index is 7.07. The Labute approximate surface area is 106 Å². The van der Waals surface area contributed by atoms with Gasteiger partial charge in [-0.3, -0.25) is 0 Å². The average Bonchev–Trinajstić information content (AvgIpc) is 2.38. The van der Waals surface area contributed by atoms with Crippen molar-refractivity contribution in [2.45, 2.75) is 0 Å². The van der Waals surface area contributed by atoms with Crippen molar-refractivity contribution >= 4 is 29.4 Å². The van der Waals surface area contributed by atoms with Crippen LogP contribution in [0.3, 0.4) is 0 Å². The fraction of sp³-hybridized carbons (Fsp3) is 0. The number of para-hydroxylation sites is 1. The average molecular weight is 240 g/mol. The molecule has 0 amide bonds. The van der Waals surface area contributed by atoms with Crippen LogP contribution in [0.25, 0.3) is 17.0 Å². The highest BCUT2D eigenvalue weighted by Crippen LogP contribution is 2.23. The molecule has 82 valence electrons. The van der Waals surface area contributed by atoms with E-state index in [-0.39, 0.29) is 0 Å². The maximum absolute atomic E-state index is 7.07. The molecule has 0 aliphatic heterocycles. The van der Waals surface area contributed by atoms with Crippen molar-refractivity contribution in [3.8, 4) is 0 Å². The molecule has 0 aromatic heterocycles. The fourth-order valence-electron chi connectivity index (χ4n) is 1.52. The monoisotopic (exact) mass is 239 g/mol. The zero-order chi connectivity index (χ0) is 12.1. The first-order chi connectivity index (χ1) is 8.31. The lowest BCUT2D eigenvalue weighted by Gasteiger charge is -1.98. The van der Waals surface area contributed by atoms with E-state index in [0.717, 1.165) is 11.1 Å². The molecule has 2 heteroatoms. The highest BCUT2D eigenvalue weighted by atomic mass is 35.5. The Hall–Kier alpha value is -2.04. The van der Waals surface area contributed by atoms with Gasteiger partial charge >= 0.3 is 0 Å². The molecule has 0 spiro atoms. The van der Waals surface area contributed by atoms with Crippen molar-refractivity contribution in [3.63, 3.8) is 0 Å². The van der Waals surface area contributed by atoms with E-state index in [0.29, 0.717) is 10.7 Å². The van der Waals surface area contributed by atoms with Gasteiger partial charge in [0.05, 0.1) is 6.57 Å². The highest BCUT2D eigenvalue weighted by Gasteiger charge is 1.97. The summed E-state index contributed by atoms with van der Waals surface area (Å²) < 4.78 is 0. The van der Waals surface area contributed by atoms with E-state index < -0.39 is 0 Å². The second-order valence-corrected chi connectivity index (χ2v) is 3.93. The van der Waals surface area contributed by atoms with Crippen molar-refractivity contribution in [1.82, 2.24) is 0 Å². The Morgan fingerprint density at radius 1 is 0.882 bits per heavy atom. The molecule has 0 saturated heterocycles. The molecular weight excluding hydrogens is 230 g/mol. The summed E-state index contributed by atoms with van der Waals surface area (Å²) in [6.45, 7) is 7.07. The Kier molecular flexibility index (Phi) is 3.59. The van der Waals surface area contributed by atoms with Gasteiger partial charge in [-0.05, 0) is 17.2 Å². The number of nitrogens with zero attached hydrogens (tertiary/aromatic N) is 1. The van der Waals surface area contributed by atoms with E-state index in [1.807, 2.05) is 54.6 Å². The summed E-state index contributed by atoms with van der Waals surface area (Å²) in [6.07, 6.45) is 3.83. The molecule has 0 radical (unpaired) electrons. The van der Waals surface area contributed by atoms with E-state index in [1.54, 1.807) is 6.07 Å². The molecule has 0 N–H and O–H groups in total. The summed E-state index contributed by atoms with van der Waals surface area (Å²) in [5.41, 5.74) is 2.51. The van der Waals surface area contributed by atoms with Gasteiger partial charge < -0.3 is 0 Å². The molecular formula is C15H10ClN. The molecule has 0 aliphatic carbocycles. The summed E-state index contributed by atoms with van der Waals surface area (Å²) in [5.74, 6) is 0. The first kappa shape index (κ1) is 11.4. The molecule has 17 heavy (non-hydrogen) atoms. The first-order valence-corrected chi connectivity index (χ1v) is 5.58. The number of benzene rings is 2. The van der Waals surface area contributed by atoms with Crippen molar-refractivity contribution < 1.29 is 0 Å². The molecule has 0 saturated carbocycles. The maximum Gasteiger partial charge on any atom is 0.194 e. The van der Waals surface area contributed by atoms with E-state index in [2.05, 4.69) is 4.85 Å². The van der Waals surface area contributed by atoms with E-state index >= 15 is 0 Å². The normalized spacial score (nSPS) is 10.4. The quantitative estimate of drug-likeness (QED) is 0.510. The highest BCUT2D eigenvalue weighted by molar-refractivity contribution is 6.32. The van der Waals surface area contributed by atoms with Crippen LogP contribution in [0.4, 0.5) is 5.69 Å². The molecule has 2 aromatic carbocycles. The summed E-state index contributed by atoms with van der Waals surface area (Å²) in [5, 5.41) is 0.712. The summed E-state index contributed by atoms with van der Waals surface area (Å²) >= 11 is 6.05. The van der Waals surface area contributed by atoms with Crippen LogP contribution in [0.2, 0.25) is 5.02 Å². The fourth-order valence-corrected chi connectivity index (χ4v) is 1.72. The van der Waals surface area contributed by atoms with Crippen molar-refractivity contribution in [2.75, 3.05) is 0 Å². The molecule has 0 fully saturated rings. The van der Waals surface area contributed by atoms with Crippen LogP contribution in [0.1, 0.15) is 11.1 Å². The third kappa shape index (κ3) is 2.75. The van der Waals surface area contributed by atoms with Crippen LogP contribution in [0, 0.1) is 6.57 Å². The Balaban J connectivity index is 2.33. The zero-order valence-corrected chi connectivity index (χ0v) is 9.85. The standard InChI is InChI=1S/C15H10ClN/c1-17-15-9-5-3-7-13(15)11-10-12-6-2-4-8-14(12)16/h2-11H. The molecule has 0 aliphatic rings. The van der Waals surface area contributed by atoms with Gasteiger partial charge in [0, 0.05) is 5.02 Å². The van der Waals surface area contributed by atoms with Crippen LogP contribution < -0.4 is 0 Å². The largest absolute Gasteiger partial charge is 0.238 e. The van der Waals surface area contributed by atoms with E-state index in [1.165, 1.54) is 0 Å². The number of rotatable bonds is 2. The van der Waals surface area contributed by atoms with E-state index in [4.69, 9.17) is 18.2 Å². The minimum atomic E-state index is 0.649. The molecule has 0 heterocycles. The summed E-state index contributed by atoms with van der Waals surface area (Å²) in [7, 11) is 0. The molecule has 0 unspecified atom stereocenters. The van der Waals surface area contributed by atoms with Crippen LogP contribution in [0.5, 0.6) is 0 Å². The summed E-state index contributed by atoms with van der Waals surface area (Å²) in [4.78, 5) is 3.47. The van der Waals surface area contributed by atoms with Gasteiger partial charge in [0.2, 0.25) is 0 Å². The van der Waals surface area contributed by atoms with Gasteiger partial charge in [0.1, 0.15) is 0 Å². The Morgan fingerprint density at radius 2 is 1.47 bits per heavy atom. The molecule has 2 rings (SSSR count). The minimum absolute atomic E-state index is 0.649.